The number of nitrogens with two attached hydrogens (primary N) is 1. The maximum absolute atomic E-state index is 6.24. The third kappa shape index (κ3) is 1.71. The minimum atomic E-state index is 0.637. The molecule has 18 heavy (non-hydrogen) atoms. The Balaban J connectivity index is 2.13. The summed E-state index contributed by atoms with van der Waals surface area (Å²) in [5, 5.41) is 4.27. The molecule has 1 aliphatic heterocycles. The number of furan rings is 1. The van der Waals surface area contributed by atoms with Gasteiger partial charge < -0.3 is 20.4 Å². The molecule has 3 rings (SSSR count). The Kier molecular flexibility index (Phi) is 2.83. The van der Waals surface area contributed by atoms with Gasteiger partial charge in [-0.2, -0.15) is 4.98 Å². The van der Waals surface area contributed by atoms with Gasteiger partial charge in [-0.15, -0.1) is 0 Å². The van der Waals surface area contributed by atoms with Crippen LogP contribution in [0.5, 0.6) is 0 Å². The van der Waals surface area contributed by atoms with Gasteiger partial charge in [-0.3, -0.25) is 0 Å². The van der Waals surface area contributed by atoms with Crippen molar-refractivity contribution in [1.82, 2.24) is 10.3 Å². The van der Waals surface area contributed by atoms with E-state index in [1.807, 2.05) is 6.07 Å². The molecule has 1 fully saturated rings. The highest BCUT2D eigenvalue weighted by molar-refractivity contribution is 5.91. The van der Waals surface area contributed by atoms with Gasteiger partial charge in [0.15, 0.2) is 0 Å². The highest BCUT2D eigenvalue weighted by Crippen LogP contribution is 2.32. The van der Waals surface area contributed by atoms with Crippen molar-refractivity contribution < 1.29 is 4.42 Å². The number of rotatable bonds is 2. The van der Waals surface area contributed by atoms with Crippen molar-refractivity contribution >= 4 is 22.6 Å². The van der Waals surface area contributed by atoms with Crippen LogP contribution in [-0.2, 0) is 6.42 Å². The topological polar surface area (TPSA) is 67.3 Å². The van der Waals surface area contributed by atoms with Crippen LogP contribution in [0.4, 0.5) is 11.5 Å². The summed E-state index contributed by atoms with van der Waals surface area (Å²) in [6, 6.07) is 1.89. The number of nitrogens with zero attached hydrogens (tertiary/aromatic N) is 2. The van der Waals surface area contributed by atoms with Crippen LogP contribution in [0, 0.1) is 0 Å². The third-order valence-corrected chi connectivity index (χ3v) is 3.51. The van der Waals surface area contributed by atoms with Crippen LogP contribution >= 0.6 is 0 Å². The molecule has 96 valence electrons. The van der Waals surface area contributed by atoms with E-state index in [1.54, 1.807) is 6.26 Å². The number of anilines is 2. The minimum absolute atomic E-state index is 0.637. The monoisotopic (exact) mass is 246 g/mol. The van der Waals surface area contributed by atoms with E-state index in [2.05, 4.69) is 22.1 Å². The van der Waals surface area contributed by atoms with E-state index < -0.39 is 0 Å². The number of hydrogen-bond acceptors (Lipinski definition) is 5. The smallest absolute Gasteiger partial charge is 0.229 e. The van der Waals surface area contributed by atoms with Crippen molar-refractivity contribution in [2.45, 2.75) is 13.3 Å². The fourth-order valence-corrected chi connectivity index (χ4v) is 2.53. The van der Waals surface area contributed by atoms with Crippen molar-refractivity contribution in [2.75, 3.05) is 36.8 Å². The van der Waals surface area contributed by atoms with Gasteiger partial charge in [0.1, 0.15) is 5.82 Å². The standard InChI is InChI=1S/C13H18N4O/c1-2-9-11(14)10-3-8-18-13(10)16-12(9)17-6-4-15-5-7-17/h3,8,15H,2,4-7H2,1H3,(H2,14,16). The molecule has 5 heteroatoms. The van der Waals surface area contributed by atoms with E-state index in [1.165, 1.54) is 0 Å². The van der Waals surface area contributed by atoms with Crippen LogP contribution in [0.2, 0.25) is 0 Å². The fraction of sp³-hybridized carbons (Fsp3) is 0.462. The molecular weight excluding hydrogens is 228 g/mol. The van der Waals surface area contributed by atoms with Crippen molar-refractivity contribution in [1.29, 1.82) is 0 Å². The van der Waals surface area contributed by atoms with Crippen LogP contribution in [0.1, 0.15) is 12.5 Å². The van der Waals surface area contributed by atoms with Gasteiger partial charge in [-0.25, -0.2) is 0 Å². The number of nitrogens with one attached hydrogen (secondary N) is 1. The normalized spacial score (nSPS) is 16.4. The molecule has 0 spiro atoms. The lowest BCUT2D eigenvalue weighted by Crippen LogP contribution is -2.44. The summed E-state index contributed by atoms with van der Waals surface area (Å²) >= 11 is 0. The molecule has 0 aromatic carbocycles. The maximum atomic E-state index is 6.24. The molecular formula is C13H18N4O. The lowest BCUT2D eigenvalue weighted by atomic mass is 10.1. The second kappa shape index (κ2) is 4.49. The van der Waals surface area contributed by atoms with E-state index in [4.69, 9.17) is 10.2 Å². The molecule has 2 aromatic heterocycles. The van der Waals surface area contributed by atoms with Gasteiger partial charge in [0.25, 0.3) is 0 Å². The quantitative estimate of drug-likeness (QED) is 0.838. The Morgan fingerprint density at radius 1 is 1.44 bits per heavy atom. The highest BCUT2D eigenvalue weighted by atomic mass is 16.3. The molecule has 1 saturated heterocycles. The molecule has 1 aliphatic rings. The number of fused-ring (bicyclic) bond motifs is 1. The van der Waals surface area contributed by atoms with Gasteiger partial charge in [0, 0.05) is 31.7 Å². The van der Waals surface area contributed by atoms with Crippen LogP contribution in [0.3, 0.4) is 0 Å². The Bertz CT molecular complexity index is 557. The second-order valence-electron chi connectivity index (χ2n) is 4.56. The van der Waals surface area contributed by atoms with E-state index in [-0.39, 0.29) is 0 Å². The lowest BCUT2D eigenvalue weighted by molar-refractivity contribution is 0.577. The van der Waals surface area contributed by atoms with E-state index in [0.717, 1.165) is 55.1 Å². The first-order chi connectivity index (χ1) is 8.81. The zero-order valence-corrected chi connectivity index (χ0v) is 10.6. The lowest BCUT2D eigenvalue weighted by Gasteiger charge is -2.30. The number of piperazine rings is 1. The summed E-state index contributed by atoms with van der Waals surface area (Å²) in [6.45, 7) is 6.02. The van der Waals surface area contributed by atoms with Crippen LogP contribution in [0.15, 0.2) is 16.7 Å². The van der Waals surface area contributed by atoms with E-state index in [0.29, 0.717) is 5.71 Å². The van der Waals surface area contributed by atoms with Crippen molar-refractivity contribution in [3.05, 3.63) is 17.9 Å². The van der Waals surface area contributed by atoms with Gasteiger partial charge in [0.2, 0.25) is 5.71 Å². The van der Waals surface area contributed by atoms with Gasteiger partial charge >= 0.3 is 0 Å². The summed E-state index contributed by atoms with van der Waals surface area (Å²) in [6.07, 6.45) is 2.54. The average molecular weight is 246 g/mol. The van der Waals surface area contributed by atoms with Crippen LogP contribution in [-0.4, -0.2) is 31.2 Å². The molecule has 0 amide bonds. The highest BCUT2D eigenvalue weighted by Gasteiger charge is 2.19. The number of nitrogen functional groups attached to an aromatic ring is 1. The largest absolute Gasteiger partial charge is 0.446 e. The first kappa shape index (κ1) is 11.3. The fourth-order valence-electron chi connectivity index (χ4n) is 2.53. The van der Waals surface area contributed by atoms with Crippen LogP contribution in [0.25, 0.3) is 11.1 Å². The summed E-state index contributed by atoms with van der Waals surface area (Å²) in [7, 11) is 0. The zero-order chi connectivity index (χ0) is 12.5. The maximum Gasteiger partial charge on any atom is 0.229 e. The Hall–Kier alpha value is -1.75. The van der Waals surface area contributed by atoms with Gasteiger partial charge in [-0.05, 0) is 12.5 Å². The summed E-state index contributed by atoms with van der Waals surface area (Å²) in [4.78, 5) is 6.93. The van der Waals surface area contributed by atoms with E-state index >= 15 is 0 Å². The predicted octanol–water partition coefficient (Wildman–Crippen LogP) is 1.38. The zero-order valence-electron chi connectivity index (χ0n) is 10.6. The number of aromatic nitrogens is 1. The minimum Gasteiger partial charge on any atom is -0.446 e. The Labute approximate surface area is 106 Å². The van der Waals surface area contributed by atoms with Crippen molar-refractivity contribution in [3.8, 4) is 0 Å². The number of hydrogen-bond donors (Lipinski definition) is 2. The Morgan fingerprint density at radius 3 is 2.94 bits per heavy atom. The van der Waals surface area contributed by atoms with Gasteiger partial charge in [-0.1, -0.05) is 6.92 Å². The molecule has 3 heterocycles. The molecule has 5 nitrogen and oxygen atoms in total. The molecule has 0 atom stereocenters. The summed E-state index contributed by atoms with van der Waals surface area (Å²) < 4.78 is 5.40. The third-order valence-electron chi connectivity index (χ3n) is 3.51. The summed E-state index contributed by atoms with van der Waals surface area (Å²) in [5.74, 6) is 0.985. The van der Waals surface area contributed by atoms with Crippen LogP contribution < -0.4 is 16.0 Å². The first-order valence-electron chi connectivity index (χ1n) is 6.42. The van der Waals surface area contributed by atoms with E-state index in [9.17, 15) is 0 Å². The molecule has 0 unspecified atom stereocenters. The average Bonchev–Trinajstić information content (AvgIpc) is 2.88. The van der Waals surface area contributed by atoms with Gasteiger partial charge in [0.05, 0.1) is 17.3 Å². The second-order valence-corrected chi connectivity index (χ2v) is 4.56. The summed E-state index contributed by atoms with van der Waals surface area (Å²) in [5.41, 5.74) is 8.82. The molecule has 2 aromatic rings. The van der Waals surface area contributed by atoms with Crippen molar-refractivity contribution in [3.63, 3.8) is 0 Å². The molecule has 0 aliphatic carbocycles. The molecule has 0 saturated carbocycles. The van der Waals surface area contributed by atoms with Crippen molar-refractivity contribution in [2.24, 2.45) is 0 Å². The first-order valence-corrected chi connectivity index (χ1v) is 6.42. The SMILES string of the molecule is CCc1c(N2CCNCC2)nc2occc2c1N. The molecule has 0 bridgehead atoms. The number of pyridine rings is 1. The molecule has 3 N–H and O–H groups in total. The Morgan fingerprint density at radius 2 is 2.22 bits per heavy atom. The predicted molar refractivity (Wildman–Crippen MR) is 72.9 cm³/mol. The molecule has 0 radical (unpaired) electrons.